The van der Waals surface area contributed by atoms with Gasteiger partial charge in [0, 0.05) is 13.6 Å². The number of ether oxygens (including phenoxy) is 1. The molecule has 3 rings (SSSR count). The molecule has 0 radical (unpaired) electrons. The third-order valence-corrected chi connectivity index (χ3v) is 4.98. The lowest BCUT2D eigenvalue weighted by Crippen LogP contribution is -2.37. The van der Waals surface area contributed by atoms with E-state index in [9.17, 15) is 0 Å². The van der Waals surface area contributed by atoms with Gasteiger partial charge in [-0.3, -0.25) is 4.99 Å². The van der Waals surface area contributed by atoms with Crippen LogP contribution in [0.2, 0.25) is 0 Å². The fourth-order valence-corrected chi connectivity index (χ4v) is 3.30. The third kappa shape index (κ3) is 5.10. The summed E-state index contributed by atoms with van der Waals surface area (Å²) in [6.45, 7) is 3.36. The monoisotopic (exact) mass is 384 g/mol. The standard InChI is InChI=1S/C20H24N4O2S/c1-14-6-7-15(11-17(14)25-3)8-9-22-20(21-2)23-12-16-13-26-19(24-16)18-5-4-10-27-18/h4-7,10-11,13H,8-9,12H2,1-3H3,(H2,21,22,23). The molecule has 2 N–H and O–H groups in total. The summed E-state index contributed by atoms with van der Waals surface area (Å²) in [4.78, 5) is 9.78. The van der Waals surface area contributed by atoms with Crippen LogP contribution in [0, 0.1) is 6.92 Å². The minimum Gasteiger partial charge on any atom is -0.496 e. The highest BCUT2D eigenvalue weighted by Crippen LogP contribution is 2.23. The number of thiophene rings is 1. The van der Waals surface area contributed by atoms with Crippen molar-refractivity contribution in [2.75, 3.05) is 20.7 Å². The molecule has 27 heavy (non-hydrogen) atoms. The lowest BCUT2D eigenvalue weighted by molar-refractivity contribution is 0.411. The van der Waals surface area contributed by atoms with E-state index < -0.39 is 0 Å². The molecule has 0 amide bonds. The van der Waals surface area contributed by atoms with Crippen LogP contribution in [0.15, 0.2) is 51.4 Å². The highest BCUT2D eigenvalue weighted by atomic mass is 32.1. The number of hydrogen-bond acceptors (Lipinski definition) is 5. The number of rotatable bonds is 7. The maximum absolute atomic E-state index is 5.53. The fourth-order valence-electron chi connectivity index (χ4n) is 2.64. The van der Waals surface area contributed by atoms with Crippen molar-refractivity contribution in [1.29, 1.82) is 0 Å². The molecule has 1 aromatic carbocycles. The lowest BCUT2D eigenvalue weighted by Gasteiger charge is -2.12. The van der Waals surface area contributed by atoms with E-state index in [1.165, 1.54) is 5.56 Å². The van der Waals surface area contributed by atoms with Crippen LogP contribution in [-0.2, 0) is 13.0 Å². The van der Waals surface area contributed by atoms with Crippen LogP contribution in [0.4, 0.5) is 0 Å². The Balaban J connectivity index is 1.47. The van der Waals surface area contributed by atoms with Crippen molar-refractivity contribution in [2.45, 2.75) is 19.9 Å². The van der Waals surface area contributed by atoms with Crippen molar-refractivity contribution >= 4 is 17.3 Å². The van der Waals surface area contributed by atoms with Crippen LogP contribution in [0.5, 0.6) is 5.75 Å². The third-order valence-electron chi connectivity index (χ3n) is 4.12. The summed E-state index contributed by atoms with van der Waals surface area (Å²) in [5.74, 6) is 2.30. The van der Waals surface area contributed by atoms with Gasteiger partial charge in [-0.1, -0.05) is 18.2 Å². The zero-order chi connectivity index (χ0) is 19.1. The van der Waals surface area contributed by atoms with E-state index in [2.05, 4.69) is 38.8 Å². The van der Waals surface area contributed by atoms with Crippen LogP contribution in [-0.4, -0.2) is 31.6 Å². The smallest absolute Gasteiger partial charge is 0.236 e. The van der Waals surface area contributed by atoms with Crippen molar-refractivity contribution in [3.05, 3.63) is 58.8 Å². The Hall–Kier alpha value is -2.80. The van der Waals surface area contributed by atoms with Gasteiger partial charge in [0.25, 0.3) is 0 Å². The van der Waals surface area contributed by atoms with E-state index in [1.807, 2.05) is 24.4 Å². The molecule has 0 aliphatic carbocycles. The topological polar surface area (TPSA) is 71.7 Å². The first-order chi connectivity index (χ1) is 13.2. The number of benzene rings is 1. The van der Waals surface area contributed by atoms with Gasteiger partial charge in [-0.15, -0.1) is 11.3 Å². The quantitative estimate of drug-likeness (QED) is 0.481. The van der Waals surface area contributed by atoms with E-state index >= 15 is 0 Å². The molecule has 2 aromatic heterocycles. The molecule has 0 fully saturated rings. The Bertz CT molecular complexity index is 887. The summed E-state index contributed by atoms with van der Waals surface area (Å²) in [5.41, 5.74) is 3.20. The summed E-state index contributed by atoms with van der Waals surface area (Å²) in [6.07, 6.45) is 2.55. The van der Waals surface area contributed by atoms with Gasteiger partial charge in [-0.25, -0.2) is 4.98 Å². The molecule has 0 aliphatic rings. The molecule has 0 unspecified atom stereocenters. The maximum atomic E-state index is 5.53. The fraction of sp³-hybridized carbons (Fsp3) is 0.300. The first-order valence-corrected chi connectivity index (χ1v) is 9.64. The second-order valence-electron chi connectivity index (χ2n) is 6.03. The minimum atomic E-state index is 0.549. The minimum absolute atomic E-state index is 0.549. The average molecular weight is 385 g/mol. The van der Waals surface area contributed by atoms with Gasteiger partial charge in [-0.05, 0) is 42.0 Å². The Labute approximate surface area is 163 Å². The van der Waals surface area contributed by atoms with Gasteiger partial charge in [-0.2, -0.15) is 0 Å². The van der Waals surface area contributed by atoms with E-state index in [0.717, 1.165) is 40.8 Å². The van der Waals surface area contributed by atoms with Crippen molar-refractivity contribution in [3.63, 3.8) is 0 Å². The molecule has 6 nitrogen and oxygen atoms in total. The van der Waals surface area contributed by atoms with Gasteiger partial charge in [0.05, 0.1) is 24.2 Å². The number of methoxy groups -OCH3 is 1. The molecule has 0 saturated heterocycles. The number of aromatic nitrogens is 1. The summed E-state index contributed by atoms with van der Waals surface area (Å²) in [6, 6.07) is 10.3. The van der Waals surface area contributed by atoms with Gasteiger partial charge >= 0.3 is 0 Å². The Kier molecular flexibility index (Phi) is 6.49. The van der Waals surface area contributed by atoms with Crippen molar-refractivity contribution in [3.8, 4) is 16.5 Å². The number of aryl methyl sites for hydroxylation is 1. The summed E-state index contributed by atoms with van der Waals surface area (Å²) in [5, 5.41) is 8.58. The van der Waals surface area contributed by atoms with Crippen molar-refractivity contribution in [1.82, 2.24) is 15.6 Å². The first kappa shape index (κ1) is 19.0. The molecular weight excluding hydrogens is 360 g/mol. The van der Waals surface area contributed by atoms with Crippen molar-refractivity contribution < 1.29 is 9.15 Å². The molecule has 142 valence electrons. The highest BCUT2D eigenvalue weighted by Gasteiger charge is 2.08. The van der Waals surface area contributed by atoms with E-state index in [0.29, 0.717) is 12.4 Å². The van der Waals surface area contributed by atoms with Gasteiger partial charge < -0.3 is 19.8 Å². The number of hydrogen-bond donors (Lipinski definition) is 2. The molecule has 0 bridgehead atoms. The van der Waals surface area contributed by atoms with E-state index in [1.54, 1.807) is 31.8 Å². The van der Waals surface area contributed by atoms with Gasteiger partial charge in [0.15, 0.2) is 5.96 Å². The van der Waals surface area contributed by atoms with Crippen LogP contribution < -0.4 is 15.4 Å². The zero-order valence-electron chi connectivity index (χ0n) is 15.8. The molecule has 2 heterocycles. The normalized spacial score (nSPS) is 11.4. The van der Waals surface area contributed by atoms with Crippen LogP contribution in [0.25, 0.3) is 10.8 Å². The molecular formula is C20H24N4O2S. The largest absolute Gasteiger partial charge is 0.496 e. The molecule has 3 aromatic rings. The zero-order valence-corrected chi connectivity index (χ0v) is 16.6. The lowest BCUT2D eigenvalue weighted by atomic mass is 10.1. The van der Waals surface area contributed by atoms with E-state index in [-0.39, 0.29) is 0 Å². The van der Waals surface area contributed by atoms with Gasteiger partial charge in [0.2, 0.25) is 5.89 Å². The van der Waals surface area contributed by atoms with Crippen molar-refractivity contribution in [2.24, 2.45) is 4.99 Å². The molecule has 0 aliphatic heterocycles. The van der Waals surface area contributed by atoms with Gasteiger partial charge in [0.1, 0.15) is 12.0 Å². The number of nitrogens with one attached hydrogen (secondary N) is 2. The molecule has 7 heteroatoms. The highest BCUT2D eigenvalue weighted by molar-refractivity contribution is 7.13. The average Bonchev–Trinajstić information content (AvgIpc) is 3.37. The number of nitrogens with zero attached hydrogens (tertiary/aromatic N) is 2. The first-order valence-electron chi connectivity index (χ1n) is 8.76. The molecule has 0 atom stereocenters. The predicted octanol–water partition coefficient (Wildman–Crippen LogP) is 3.63. The number of aliphatic imine (C=N–C) groups is 1. The summed E-state index contributed by atoms with van der Waals surface area (Å²) < 4.78 is 10.9. The second kappa shape index (κ2) is 9.23. The molecule has 0 spiro atoms. The SMILES string of the molecule is CN=C(NCCc1ccc(C)c(OC)c1)NCc1coc(-c2cccs2)n1. The Morgan fingerprint density at radius 1 is 1.30 bits per heavy atom. The number of guanidine groups is 1. The van der Waals surface area contributed by atoms with E-state index in [4.69, 9.17) is 9.15 Å². The Morgan fingerprint density at radius 2 is 2.19 bits per heavy atom. The maximum Gasteiger partial charge on any atom is 0.236 e. The summed E-state index contributed by atoms with van der Waals surface area (Å²) in [7, 11) is 3.45. The van der Waals surface area contributed by atoms with Crippen LogP contribution in [0.1, 0.15) is 16.8 Å². The van der Waals surface area contributed by atoms with Crippen LogP contribution >= 0.6 is 11.3 Å². The van der Waals surface area contributed by atoms with Crippen LogP contribution in [0.3, 0.4) is 0 Å². The Morgan fingerprint density at radius 3 is 2.93 bits per heavy atom. The summed E-state index contributed by atoms with van der Waals surface area (Å²) >= 11 is 1.61. The predicted molar refractivity (Wildman–Crippen MR) is 109 cm³/mol. The number of oxazole rings is 1. The second-order valence-corrected chi connectivity index (χ2v) is 6.98. The molecule has 0 saturated carbocycles.